The second kappa shape index (κ2) is 10.8. The summed E-state index contributed by atoms with van der Waals surface area (Å²) < 4.78 is 0. The molecular formula is C20H32IN5S2. The van der Waals surface area contributed by atoms with Crippen LogP contribution in [0.1, 0.15) is 44.3 Å². The minimum atomic E-state index is 0. The number of halogens is 1. The van der Waals surface area contributed by atoms with Crippen molar-refractivity contribution in [2.75, 3.05) is 31.6 Å². The molecule has 28 heavy (non-hydrogen) atoms. The Morgan fingerprint density at radius 1 is 1.29 bits per heavy atom. The van der Waals surface area contributed by atoms with E-state index in [9.17, 15) is 0 Å². The molecule has 3 heterocycles. The van der Waals surface area contributed by atoms with Crippen molar-refractivity contribution in [3.63, 3.8) is 0 Å². The Hall–Kier alpha value is -0.870. The standard InChI is InChI=1S/C20H31N5S2.HI/c1-20(2,3)16-14-27-17(24-16)7-10-22-19(21-4)23-15-8-11-25(12-9-15)18-6-5-13-26-18;/h5-6,13-15H,7-12H2,1-4H3,(H2,21,22,23);1H. The lowest BCUT2D eigenvalue weighted by Gasteiger charge is -2.33. The molecular weight excluding hydrogens is 501 g/mol. The van der Waals surface area contributed by atoms with Gasteiger partial charge in [0, 0.05) is 49.9 Å². The fraction of sp³-hybridized carbons (Fsp3) is 0.600. The third-order valence-corrected chi connectivity index (χ3v) is 6.67. The zero-order chi connectivity index (χ0) is 19.3. The second-order valence-corrected chi connectivity index (χ2v) is 9.85. The van der Waals surface area contributed by atoms with Crippen molar-refractivity contribution in [2.45, 2.75) is 51.5 Å². The number of thiazole rings is 1. The third kappa shape index (κ3) is 6.59. The van der Waals surface area contributed by atoms with Crippen LogP contribution in [0.5, 0.6) is 0 Å². The maximum absolute atomic E-state index is 4.77. The lowest BCUT2D eigenvalue weighted by atomic mass is 9.93. The summed E-state index contributed by atoms with van der Waals surface area (Å²) in [7, 11) is 1.84. The van der Waals surface area contributed by atoms with Crippen LogP contribution in [-0.4, -0.2) is 43.7 Å². The first kappa shape index (κ1) is 23.4. The topological polar surface area (TPSA) is 52.6 Å². The number of anilines is 1. The van der Waals surface area contributed by atoms with Gasteiger partial charge in [-0.2, -0.15) is 0 Å². The van der Waals surface area contributed by atoms with Gasteiger partial charge in [-0.05, 0) is 30.4 Å². The molecule has 0 saturated carbocycles. The summed E-state index contributed by atoms with van der Waals surface area (Å²) >= 11 is 3.58. The number of aromatic nitrogens is 1. The first-order valence-electron chi connectivity index (χ1n) is 9.66. The lowest BCUT2D eigenvalue weighted by Crippen LogP contribution is -2.49. The van der Waals surface area contributed by atoms with Crippen LogP contribution in [0.15, 0.2) is 27.9 Å². The number of guanidine groups is 1. The van der Waals surface area contributed by atoms with Crippen molar-refractivity contribution < 1.29 is 0 Å². The van der Waals surface area contributed by atoms with Gasteiger partial charge < -0.3 is 15.5 Å². The predicted molar refractivity (Wildman–Crippen MR) is 134 cm³/mol. The van der Waals surface area contributed by atoms with Gasteiger partial charge in [-0.15, -0.1) is 46.7 Å². The minimum absolute atomic E-state index is 0. The number of aliphatic imine (C=N–C) groups is 1. The van der Waals surface area contributed by atoms with E-state index in [1.54, 1.807) is 11.3 Å². The largest absolute Gasteiger partial charge is 0.363 e. The molecule has 0 radical (unpaired) electrons. The average molecular weight is 534 g/mol. The Morgan fingerprint density at radius 3 is 2.61 bits per heavy atom. The lowest BCUT2D eigenvalue weighted by molar-refractivity contribution is 0.463. The highest BCUT2D eigenvalue weighted by atomic mass is 127. The van der Waals surface area contributed by atoms with Crippen molar-refractivity contribution in [3.8, 4) is 0 Å². The van der Waals surface area contributed by atoms with Gasteiger partial charge in [0.2, 0.25) is 0 Å². The molecule has 1 aliphatic rings. The van der Waals surface area contributed by atoms with Crippen LogP contribution in [0.3, 0.4) is 0 Å². The molecule has 0 atom stereocenters. The maximum Gasteiger partial charge on any atom is 0.191 e. The highest BCUT2D eigenvalue weighted by Crippen LogP contribution is 2.25. The fourth-order valence-electron chi connectivity index (χ4n) is 3.14. The smallest absolute Gasteiger partial charge is 0.191 e. The Balaban J connectivity index is 0.00000280. The Bertz CT molecular complexity index is 728. The molecule has 2 aromatic heterocycles. The summed E-state index contributed by atoms with van der Waals surface area (Å²) in [5.74, 6) is 0.900. The summed E-state index contributed by atoms with van der Waals surface area (Å²) in [6.07, 6.45) is 3.21. The van der Waals surface area contributed by atoms with E-state index in [1.807, 2.05) is 18.4 Å². The Morgan fingerprint density at radius 2 is 2.04 bits per heavy atom. The van der Waals surface area contributed by atoms with Crippen LogP contribution >= 0.6 is 46.7 Å². The molecule has 1 saturated heterocycles. The van der Waals surface area contributed by atoms with E-state index in [1.165, 1.54) is 15.7 Å². The van der Waals surface area contributed by atoms with Gasteiger partial charge in [0.1, 0.15) is 0 Å². The van der Waals surface area contributed by atoms with Crippen molar-refractivity contribution in [2.24, 2.45) is 4.99 Å². The molecule has 1 aliphatic heterocycles. The summed E-state index contributed by atoms with van der Waals surface area (Å²) in [6.45, 7) is 9.68. The highest BCUT2D eigenvalue weighted by Gasteiger charge is 2.21. The van der Waals surface area contributed by atoms with E-state index in [4.69, 9.17) is 4.98 Å². The number of rotatable bonds is 5. The SMILES string of the molecule is CN=C(NCCc1nc(C(C)(C)C)cs1)NC1CCN(c2cccs2)CC1.I. The summed E-state index contributed by atoms with van der Waals surface area (Å²) in [5, 5.41) is 13.9. The number of thiophene rings is 1. The van der Waals surface area contributed by atoms with Crippen LogP contribution in [0, 0.1) is 0 Å². The fourth-order valence-corrected chi connectivity index (χ4v) is 4.95. The Kier molecular flexibility index (Phi) is 9.01. The maximum atomic E-state index is 4.77. The van der Waals surface area contributed by atoms with Gasteiger partial charge in [0.05, 0.1) is 15.7 Å². The molecule has 8 heteroatoms. The van der Waals surface area contributed by atoms with E-state index in [0.717, 1.165) is 44.9 Å². The number of piperidine rings is 1. The predicted octanol–water partition coefficient (Wildman–Crippen LogP) is 4.50. The first-order valence-corrected chi connectivity index (χ1v) is 11.4. The van der Waals surface area contributed by atoms with E-state index < -0.39 is 0 Å². The van der Waals surface area contributed by atoms with Crippen LogP contribution in [-0.2, 0) is 11.8 Å². The molecule has 0 spiro atoms. The normalized spacial score (nSPS) is 16.0. The van der Waals surface area contributed by atoms with Crippen LogP contribution in [0.2, 0.25) is 0 Å². The molecule has 0 unspecified atom stereocenters. The van der Waals surface area contributed by atoms with Gasteiger partial charge in [-0.3, -0.25) is 4.99 Å². The number of hydrogen-bond donors (Lipinski definition) is 2. The van der Waals surface area contributed by atoms with Crippen molar-refractivity contribution in [1.82, 2.24) is 15.6 Å². The molecule has 156 valence electrons. The number of nitrogens with one attached hydrogen (secondary N) is 2. The van der Waals surface area contributed by atoms with Crippen molar-refractivity contribution >= 4 is 57.6 Å². The molecule has 1 fully saturated rings. The number of hydrogen-bond acceptors (Lipinski definition) is 5. The zero-order valence-electron chi connectivity index (χ0n) is 17.2. The number of nitrogens with zero attached hydrogens (tertiary/aromatic N) is 3. The summed E-state index contributed by atoms with van der Waals surface area (Å²) in [6, 6.07) is 4.82. The first-order chi connectivity index (χ1) is 13.0. The van der Waals surface area contributed by atoms with E-state index in [-0.39, 0.29) is 29.4 Å². The molecule has 0 amide bonds. The van der Waals surface area contributed by atoms with Crippen LogP contribution in [0.25, 0.3) is 0 Å². The van der Waals surface area contributed by atoms with Crippen molar-refractivity contribution in [1.29, 1.82) is 0 Å². The summed E-state index contributed by atoms with van der Waals surface area (Å²) in [5.41, 5.74) is 1.31. The van der Waals surface area contributed by atoms with Gasteiger partial charge in [0.25, 0.3) is 0 Å². The zero-order valence-corrected chi connectivity index (χ0v) is 21.2. The van der Waals surface area contributed by atoms with E-state index >= 15 is 0 Å². The molecule has 3 rings (SSSR count). The summed E-state index contributed by atoms with van der Waals surface area (Å²) in [4.78, 5) is 11.6. The van der Waals surface area contributed by atoms with Gasteiger partial charge in [-0.1, -0.05) is 20.8 Å². The van der Waals surface area contributed by atoms with Gasteiger partial charge in [0.15, 0.2) is 5.96 Å². The van der Waals surface area contributed by atoms with Gasteiger partial charge in [-0.25, -0.2) is 4.98 Å². The van der Waals surface area contributed by atoms with Gasteiger partial charge >= 0.3 is 0 Å². The van der Waals surface area contributed by atoms with E-state index in [0.29, 0.717) is 6.04 Å². The average Bonchev–Trinajstić information content (AvgIpc) is 3.33. The molecule has 2 N–H and O–H groups in total. The Labute approximate surface area is 194 Å². The molecule has 5 nitrogen and oxygen atoms in total. The molecule has 0 aromatic carbocycles. The third-order valence-electron chi connectivity index (χ3n) is 4.83. The highest BCUT2D eigenvalue weighted by molar-refractivity contribution is 14.0. The molecule has 0 bridgehead atoms. The van der Waals surface area contributed by atoms with E-state index in [2.05, 4.69) is 64.2 Å². The molecule has 0 aliphatic carbocycles. The quantitative estimate of drug-likeness (QED) is 0.338. The molecule has 2 aromatic rings. The second-order valence-electron chi connectivity index (χ2n) is 7.98. The monoisotopic (exact) mass is 533 g/mol. The van der Waals surface area contributed by atoms with Crippen LogP contribution < -0.4 is 15.5 Å². The van der Waals surface area contributed by atoms with Crippen molar-refractivity contribution in [3.05, 3.63) is 33.6 Å². The minimum Gasteiger partial charge on any atom is -0.363 e. The van der Waals surface area contributed by atoms with Crippen LogP contribution in [0.4, 0.5) is 5.00 Å².